The third-order valence-corrected chi connectivity index (χ3v) is 6.50. The molecular formula is C22H21F3N4O5S. The average Bonchev–Trinajstić information content (AvgIpc) is 3.32. The molecule has 0 spiro atoms. The van der Waals surface area contributed by atoms with Gasteiger partial charge in [-0.1, -0.05) is 5.21 Å². The van der Waals surface area contributed by atoms with Crippen molar-refractivity contribution < 1.29 is 38.0 Å². The number of aromatic nitrogens is 3. The van der Waals surface area contributed by atoms with Crippen molar-refractivity contribution in [2.75, 3.05) is 11.3 Å². The second-order valence-corrected chi connectivity index (χ2v) is 8.79. The lowest BCUT2D eigenvalue weighted by Gasteiger charge is -2.41. The lowest BCUT2D eigenvalue weighted by atomic mass is 9.97. The standard InChI is InChI=1S/C22H21F3N4O5S/c1-10(31)11-2-4-13(5-3-11)27-35-22-21(33)19(20(32)17(9-30)34-22)29-8-16(26-28-29)12-6-14(23)18(25)15(24)7-12/h2-8,17,19-22,27,30,32-33H,9H2,1H3/t17-,19+,20+,21-,22-/m1/s1. The fourth-order valence-corrected chi connectivity index (χ4v) is 4.52. The van der Waals surface area contributed by atoms with Crippen molar-refractivity contribution in [3.63, 3.8) is 0 Å². The minimum absolute atomic E-state index is 0.0258. The van der Waals surface area contributed by atoms with E-state index in [1.54, 1.807) is 24.3 Å². The Balaban J connectivity index is 1.54. The van der Waals surface area contributed by atoms with E-state index in [1.807, 2.05) is 0 Å². The molecule has 0 aliphatic carbocycles. The Morgan fingerprint density at radius 3 is 2.40 bits per heavy atom. The molecule has 2 aromatic carbocycles. The molecule has 13 heteroatoms. The molecule has 4 N–H and O–H groups in total. The molecule has 0 bridgehead atoms. The zero-order valence-corrected chi connectivity index (χ0v) is 19.0. The van der Waals surface area contributed by atoms with E-state index in [2.05, 4.69) is 15.0 Å². The lowest BCUT2D eigenvalue weighted by Crippen LogP contribution is -2.55. The predicted octanol–water partition coefficient (Wildman–Crippen LogP) is 2.31. The average molecular weight is 510 g/mol. The Bertz CT molecular complexity index is 1190. The first-order valence-corrected chi connectivity index (χ1v) is 11.3. The van der Waals surface area contributed by atoms with Gasteiger partial charge in [0.15, 0.2) is 28.7 Å². The van der Waals surface area contributed by atoms with Gasteiger partial charge < -0.3 is 24.8 Å². The smallest absolute Gasteiger partial charge is 0.194 e. The van der Waals surface area contributed by atoms with E-state index in [0.717, 1.165) is 28.8 Å². The van der Waals surface area contributed by atoms with E-state index in [9.17, 15) is 33.3 Å². The highest BCUT2D eigenvalue weighted by Crippen LogP contribution is 2.36. The van der Waals surface area contributed by atoms with Gasteiger partial charge in [0, 0.05) is 16.8 Å². The fourth-order valence-electron chi connectivity index (χ4n) is 3.63. The van der Waals surface area contributed by atoms with Gasteiger partial charge in [-0.2, -0.15) is 0 Å². The summed E-state index contributed by atoms with van der Waals surface area (Å²) in [6.07, 6.45) is -2.62. The summed E-state index contributed by atoms with van der Waals surface area (Å²) in [5.41, 5.74) is 0.0379. The van der Waals surface area contributed by atoms with Gasteiger partial charge in [-0.25, -0.2) is 17.9 Å². The van der Waals surface area contributed by atoms with Crippen LogP contribution in [0.2, 0.25) is 0 Å². The Labute approximate surface area is 201 Å². The number of carbonyl (C=O) groups excluding carboxylic acids is 1. The molecule has 5 atom stereocenters. The summed E-state index contributed by atoms with van der Waals surface area (Å²) in [4.78, 5) is 11.4. The zero-order chi connectivity index (χ0) is 25.3. The van der Waals surface area contributed by atoms with Crippen LogP contribution in [0, 0.1) is 17.5 Å². The molecule has 4 rings (SSSR count). The largest absolute Gasteiger partial charge is 0.394 e. The molecule has 0 saturated carbocycles. The van der Waals surface area contributed by atoms with Crippen molar-refractivity contribution in [3.05, 3.63) is 65.6 Å². The fraction of sp³-hybridized carbons (Fsp3) is 0.318. The molecule has 9 nitrogen and oxygen atoms in total. The van der Waals surface area contributed by atoms with Gasteiger partial charge in [-0.3, -0.25) is 4.79 Å². The van der Waals surface area contributed by atoms with Crippen LogP contribution >= 0.6 is 11.9 Å². The summed E-state index contributed by atoms with van der Waals surface area (Å²) >= 11 is 0.969. The van der Waals surface area contributed by atoms with E-state index < -0.39 is 53.8 Å². The number of aliphatic hydroxyl groups excluding tert-OH is 3. The third kappa shape index (κ3) is 5.18. The van der Waals surface area contributed by atoms with Crippen LogP contribution in [0.15, 0.2) is 42.6 Å². The van der Waals surface area contributed by atoms with Gasteiger partial charge in [0.2, 0.25) is 0 Å². The highest BCUT2D eigenvalue weighted by molar-refractivity contribution is 8.01. The van der Waals surface area contributed by atoms with Crippen molar-refractivity contribution in [2.45, 2.75) is 36.7 Å². The summed E-state index contributed by atoms with van der Waals surface area (Å²) < 4.78 is 50.2. The molecule has 2 heterocycles. The van der Waals surface area contributed by atoms with Crippen molar-refractivity contribution in [3.8, 4) is 11.3 Å². The molecule has 1 aromatic heterocycles. The number of hydrogen-bond acceptors (Lipinski definition) is 9. The van der Waals surface area contributed by atoms with Crippen LogP contribution in [0.1, 0.15) is 23.3 Å². The summed E-state index contributed by atoms with van der Waals surface area (Å²) in [7, 11) is 0. The van der Waals surface area contributed by atoms with Crippen molar-refractivity contribution in [1.29, 1.82) is 0 Å². The second-order valence-electron chi connectivity index (χ2n) is 7.89. The molecule has 0 radical (unpaired) electrons. The predicted molar refractivity (Wildman–Crippen MR) is 120 cm³/mol. The summed E-state index contributed by atoms with van der Waals surface area (Å²) in [5.74, 6) is -4.51. The maximum absolute atomic E-state index is 13.6. The molecule has 1 aliphatic rings. The number of ketones is 1. The monoisotopic (exact) mass is 510 g/mol. The van der Waals surface area contributed by atoms with E-state index in [1.165, 1.54) is 13.1 Å². The number of benzene rings is 2. The van der Waals surface area contributed by atoms with Crippen LogP contribution in [0.25, 0.3) is 11.3 Å². The Hall–Kier alpha value is -2.97. The summed E-state index contributed by atoms with van der Waals surface area (Å²) in [6.45, 7) is 0.882. The van der Waals surface area contributed by atoms with Gasteiger partial charge in [-0.15, -0.1) is 5.10 Å². The molecule has 1 fully saturated rings. The van der Waals surface area contributed by atoms with Gasteiger partial charge in [0.1, 0.15) is 30.0 Å². The first-order valence-electron chi connectivity index (χ1n) is 10.4. The van der Waals surface area contributed by atoms with Crippen molar-refractivity contribution >= 4 is 23.4 Å². The van der Waals surface area contributed by atoms with E-state index in [-0.39, 0.29) is 17.0 Å². The number of halogens is 3. The van der Waals surface area contributed by atoms with Crippen LogP contribution in [-0.4, -0.2) is 66.5 Å². The number of rotatable bonds is 7. The lowest BCUT2D eigenvalue weighted by molar-refractivity contribution is -0.178. The third-order valence-electron chi connectivity index (χ3n) is 5.53. The highest BCUT2D eigenvalue weighted by atomic mass is 32.2. The van der Waals surface area contributed by atoms with Gasteiger partial charge in [0.25, 0.3) is 0 Å². The number of carbonyl (C=O) groups is 1. The number of hydrogen-bond donors (Lipinski definition) is 4. The van der Waals surface area contributed by atoms with Crippen LogP contribution in [0.4, 0.5) is 18.9 Å². The molecule has 35 heavy (non-hydrogen) atoms. The number of anilines is 1. The quantitative estimate of drug-likeness (QED) is 0.215. The molecule has 1 aliphatic heterocycles. The Kier molecular flexibility index (Phi) is 7.42. The summed E-state index contributed by atoms with van der Waals surface area (Å²) in [6, 6.07) is 6.95. The van der Waals surface area contributed by atoms with Crippen LogP contribution < -0.4 is 4.72 Å². The maximum Gasteiger partial charge on any atom is 0.194 e. The zero-order valence-electron chi connectivity index (χ0n) is 18.2. The second kappa shape index (κ2) is 10.3. The number of aliphatic hydroxyl groups is 3. The number of ether oxygens (including phenoxy) is 1. The summed E-state index contributed by atoms with van der Waals surface area (Å²) in [5, 5.41) is 39.0. The highest BCUT2D eigenvalue weighted by Gasteiger charge is 2.46. The van der Waals surface area contributed by atoms with Gasteiger partial charge in [0.05, 0.1) is 12.8 Å². The minimum atomic E-state index is -1.62. The SMILES string of the molecule is CC(=O)c1ccc(NS[C@H]2O[C@H](CO)[C@H](O)[C@H](n3cc(-c4cc(F)c(F)c(F)c4)nn3)[C@H]2O)cc1. The van der Waals surface area contributed by atoms with E-state index >= 15 is 0 Å². The van der Waals surface area contributed by atoms with E-state index in [0.29, 0.717) is 11.3 Å². The molecule has 0 amide bonds. The Morgan fingerprint density at radius 2 is 1.80 bits per heavy atom. The number of Topliss-reactive ketones (excluding diaryl/α,β-unsaturated/α-hetero) is 1. The molecule has 186 valence electrons. The first kappa shape index (κ1) is 25.1. The topological polar surface area (TPSA) is 130 Å². The molecular weight excluding hydrogens is 489 g/mol. The molecule has 0 unspecified atom stereocenters. The van der Waals surface area contributed by atoms with Crippen LogP contribution in [0.5, 0.6) is 0 Å². The van der Waals surface area contributed by atoms with Crippen LogP contribution in [-0.2, 0) is 4.74 Å². The number of nitrogens with one attached hydrogen (secondary N) is 1. The van der Waals surface area contributed by atoms with Gasteiger partial charge >= 0.3 is 0 Å². The van der Waals surface area contributed by atoms with Gasteiger partial charge in [-0.05, 0) is 55.3 Å². The minimum Gasteiger partial charge on any atom is -0.394 e. The first-order chi connectivity index (χ1) is 16.7. The van der Waals surface area contributed by atoms with Crippen molar-refractivity contribution in [1.82, 2.24) is 15.0 Å². The van der Waals surface area contributed by atoms with E-state index in [4.69, 9.17) is 4.74 Å². The van der Waals surface area contributed by atoms with Crippen LogP contribution in [0.3, 0.4) is 0 Å². The maximum atomic E-state index is 13.6. The van der Waals surface area contributed by atoms with Crippen molar-refractivity contribution in [2.24, 2.45) is 0 Å². The molecule has 3 aromatic rings. The Morgan fingerprint density at radius 1 is 1.14 bits per heavy atom. The molecule has 1 saturated heterocycles. The normalized spacial score (nSPS) is 24.4. The number of nitrogens with zero attached hydrogens (tertiary/aromatic N) is 3.